The Morgan fingerprint density at radius 3 is 2.43 bits per heavy atom. The minimum absolute atomic E-state index is 0.142. The average Bonchev–Trinajstić information content (AvgIpc) is 2.65. The molecule has 0 bridgehead atoms. The van der Waals surface area contributed by atoms with Crippen LogP contribution in [0.4, 0.5) is 0 Å². The lowest BCUT2D eigenvalue weighted by molar-refractivity contribution is -0.128. The van der Waals surface area contributed by atoms with Gasteiger partial charge in [-0.15, -0.1) is 0 Å². The largest absolute Gasteiger partial charge is 0.496 e. The molecule has 2 aromatic carbocycles. The van der Waals surface area contributed by atoms with Crippen molar-refractivity contribution < 1.29 is 14.3 Å². The van der Waals surface area contributed by atoms with Crippen LogP contribution in [0.25, 0.3) is 0 Å². The van der Waals surface area contributed by atoms with Crippen molar-refractivity contribution in [1.29, 1.82) is 0 Å². The van der Waals surface area contributed by atoms with Crippen molar-refractivity contribution in [2.75, 3.05) is 7.11 Å². The Balaban J connectivity index is 2.17. The van der Waals surface area contributed by atoms with Crippen LogP contribution >= 0.6 is 11.6 Å². The number of hydrogen-bond acceptors (Lipinski definition) is 3. The van der Waals surface area contributed by atoms with Crippen LogP contribution < -0.4 is 14.8 Å². The fraction of sp³-hybridized carbons (Fsp3) is 0.435. The summed E-state index contributed by atoms with van der Waals surface area (Å²) in [5, 5.41) is 3.67. The molecule has 1 amide bonds. The molecule has 2 aromatic rings. The third-order valence-corrected chi connectivity index (χ3v) is 5.04. The quantitative estimate of drug-likeness (QED) is 0.604. The van der Waals surface area contributed by atoms with E-state index >= 15 is 0 Å². The molecular formula is C23H30ClNO3. The van der Waals surface area contributed by atoms with Gasteiger partial charge in [0.25, 0.3) is 5.91 Å². The van der Waals surface area contributed by atoms with Crippen LogP contribution in [0.5, 0.6) is 11.5 Å². The van der Waals surface area contributed by atoms with Crippen molar-refractivity contribution in [2.45, 2.75) is 59.1 Å². The highest BCUT2D eigenvalue weighted by molar-refractivity contribution is 6.30. The Kier molecular flexibility index (Phi) is 7.76. The molecule has 0 saturated heterocycles. The van der Waals surface area contributed by atoms with Gasteiger partial charge in [-0.1, -0.05) is 38.4 Å². The fourth-order valence-electron chi connectivity index (χ4n) is 3.22. The number of halogens is 1. The van der Waals surface area contributed by atoms with Gasteiger partial charge in [0.15, 0.2) is 6.10 Å². The van der Waals surface area contributed by atoms with Crippen LogP contribution in [0.2, 0.25) is 5.02 Å². The van der Waals surface area contributed by atoms with Gasteiger partial charge in [0, 0.05) is 5.02 Å². The molecule has 0 aliphatic rings. The summed E-state index contributed by atoms with van der Waals surface area (Å²) in [5.41, 5.74) is 3.29. The minimum Gasteiger partial charge on any atom is -0.496 e. The van der Waals surface area contributed by atoms with Crippen LogP contribution in [0, 0.1) is 6.92 Å². The lowest BCUT2D eigenvalue weighted by Crippen LogP contribution is -2.39. The summed E-state index contributed by atoms with van der Waals surface area (Å²) in [4.78, 5) is 12.8. The molecule has 0 heterocycles. The van der Waals surface area contributed by atoms with Gasteiger partial charge in [0.2, 0.25) is 0 Å². The maximum Gasteiger partial charge on any atom is 0.261 e. The highest BCUT2D eigenvalue weighted by Crippen LogP contribution is 2.32. The summed E-state index contributed by atoms with van der Waals surface area (Å²) in [6, 6.07) is 11.1. The van der Waals surface area contributed by atoms with Gasteiger partial charge < -0.3 is 14.8 Å². The molecule has 0 aliphatic heterocycles. The molecule has 0 radical (unpaired) electrons. The fourth-order valence-corrected chi connectivity index (χ4v) is 3.40. The summed E-state index contributed by atoms with van der Waals surface area (Å²) in [5.74, 6) is 1.65. The van der Waals surface area contributed by atoms with E-state index in [1.807, 2.05) is 26.8 Å². The number of methoxy groups -OCH3 is 1. The number of benzene rings is 2. The first-order valence-electron chi connectivity index (χ1n) is 9.67. The molecule has 0 fully saturated rings. The zero-order valence-corrected chi connectivity index (χ0v) is 18.3. The second-order valence-electron chi connectivity index (χ2n) is 7.31. The second-order valence-corrected chi connectivity index (χ2v) is 7.74. The highest BCUT2D eigenvalue weighted by Gasteiger charge is 2.22. The van der Waals surface area contributed by atoms with Crippen LogP contribution in [-0.2, 0) is 4.79 Å². The van der Waals surface area contributed by atoms with Crippen molar-refractivity contribution in [2.24, 2.45) is 0 Å². The maximum absolute atomic E-state index is 12.8. The third kappa shape index (κ3) is 5.41. The van der Waals surface area contributed by atoms with Gasteiger partial charge in [0.05, 0.1) is 13.2 Å². The number of ether oxygens (including phenoxy) is 2. The van der Waals surface area contributed by atoms with Gasteiger partial charge >= 0.3 is 0 Å². The van der Waals surface area contributed by atoms with E-state index in [9.17, 15) is 4.79 Å². The normalized spacial score (nSPS) is 13.1. The predicted molar refractivity (Wildman–Crippen MR) is 115 cm³/mol. The molecule has 0 aliphatic carbocycles. The monoisotopic (exact) mass is 403 g/mol. The van der Waals surface area contributed by atoms with Gasteiger partial charge in [-0.3, -0.25) is 4.79 Å². The summed E-state index contributed by atoms with van der Waals surface area (Å²) in [6.07, 6.45) is -0.0202. The van der Waals surface area contributed by atoms with Gasteiger partial charge in [-0.05, 0) is 73.2 Å². The van der Waals surface area contributed by atoms with Crippen molar-refractivity contribution in [3.05, 3.63) is 58.1 Å². The summed E-state index contributed by atoms with van der Waals surface area (Å²) in [6.45, 7) is 10.2. The zero-order chi connectivity index (χ0) is 20.8. The van der Waals surface area contributed by atoms with Crippen LogP contribution in [0.1, 0.15) is 62.8 Å². The van der Waals surface area contributed by atoms with Gasteiger partial charge in [0.1, 0.15) is 11.5 Å². The number of carbonyl (C=O) groups is 1. The first-order valence-corrected chi connectivity index (χ1v) is 10.1. The van der Waals surface area contributed by atoms with E-state index in [0.717, 1.165) is 22.4 Å². The van der Waals surface area contributed by atoms with Gasteiger partial charge in [-0.2, -0.15) is 0 Å². The molecule has 152 valence electrons. The van der Waals surface area contributed by atoms with E-state index in [1.54, 1.807) is 31.4 Å². The Bertz CT molecular complexity index is 819. The zero-order valence-electron chi connectivity index (χ0n) is 17.5. The lowest BCUT2D eigenvalue weighted by atomic mass is 9.93. The van der Waals surface area contributed by atoms with E-state index in [4.69, 9.17) is 21.1 Å². The summed E-state index contributed by atoms with van der Waals surface area (Å²) in [7, 11) is 1.69. The molecule has 2 rings (SSSR count). The average molecular weight is 404 g/mol. The highest BCUT2D eigenvalue weighted by atomic mass is 35.5. The van der Waals surface area contributed by atoms with Crippen LogP contribution in [-0.4, -0.2) is 19.1 Å². The van der Waals surface area contributed by atoms with Crippen molar-refractivity contribution in [1.82, 2.24) is 5.32 Å². The topological polar surface area (TPSA) is 47.6 Å². The van der Waals surface area contributed by atoms with Crippen LogP contribution in [0.15, 0.2) is 36.4 Å². The molecule has 1 N–H and O–H groups in total. The standard InChI is InChI=1S/C23H30ClNO3/c1-7-21(28-18-10-8-9-17(24)12-18)23(26)25-16(5)20-13-19(14(2)3)22(27-6)11-15(20)4/h8-14,16,21H,7H2,1-6H3,(H,25,26)/t16-,21+/m1/s1. The Hall–Kier alpha value is -2.20. The first-order chi connectivity index (χ1) is 13.3. The smallest absolute Gasteiger partial charge is 0.261 e. The Morgan fingerprint density at radius 1 is 1.14 bits per heavy atom. The number of amides is 1. The third-order valence-electron chi connectivity index (χ3n) is 4.80. The number of hydrogen-bond donors (Lipinski definition) is 1. The molecule has 5 heteroatoms. The molecule has 0 unspecified atom stereocenters. The molecule has 0 spiro atoms. The minimum atomic E-state index is -0.580. The maximum atomic E-state index is 12.8. The Morgan fingerprint density at radius 2 is 1.86 bits per heavy atom. The second kappa shape index (κ2) is 9.83. The van der Waals surface area contributed by atoms with E-state index in [1.165, 1.54) is 0 Å². The number of nitrogens with one attached hydrogen (secondary N) is 1. The van der Waals surface area contributed by atoms with E-state index in [-0.39, 0.29) is 11.9 Å². The van der Waals surface area contributed by atoms with Crippen molar-refractivity contribution in [3.63, 3.8) is 0 Å². The van der Waals surface area contributed by atoms with Crippen LogP contribution in [0.3, 0.4) is 0 Å². The molecule has 2 atom stereocenters. The van der Waals surface area contributed by atoms with Crippen molar-refractivity contribution in [3.8, 4) is 11.5 Å². The van der Waals surface area contributed by atoms with Crippen molar-refractivity contribution >= 4 is 17.5 Å². The SMILES string of the molecule is CC[C@H](Oc1cccc(Cl)c1)C(=O)N[C@H](C)c1cc(C(C)C)c(OC)cc1C. The number of carbonyl (C=O) groups excluding carboxylic acids is 1. The van der Waals surface area contributed by atoms with E-state index < -0.39 is 6.10 Å². The summed E-state index contributed by atoms with van der Waals surface area (Å²) >= 11 is 6.01. The molecule has 0 aromatic heterocycles. The van der Waals surface area contributed by atoms with E-state index in [0.29, 0.717) is 23.1 Å². The molecular weight excluding hydrogens is 374 g/mol. The first kappa shape index (κ1) is 22.1. The lowest BCUT2D eigenvalue weighted by Gasteiger charge is -2.23. The Labute approximate surface area is 173 Å². The molecule has 28 heavy (non-hydrogen) atoms. The summed E-state index contributed by atoms with van der Waals surface area (Å²) < 4.78 is 11.4. The number of rotatable bonds is 8. The molecule has 4 nitrogen and oxygen atoms in total. The van der Waals surface area contributed by atoms with Gasteiger partial charge in [-0.25, -0.2) is 0 Å². The molecule has 0 saturated carbocycles. The number of aryl methyl sites for hydroxylation is 1. The predicted octanol–water partition coefficient (Wildman–Crippen LogP) is 5.82. The van der Waals surface area contributed by atoms with E-state index in [2.05, 4.69) is 25.2 Å².